The van der Waals surface area contributed by atoms with Crippen LogP contribution in [0.2, 0.25) is 15.1 Å². The first kappa shape index (κ1) is 14.0. The Hall–Kier alpha value is -0.440. The lowest BCUT2D eigenvalue weighted by molar-refractivity contribution is 0.437. The maximum Gasteiger partial charge on any atom is 0.103 e. The molecule has 2 nitrogen and oxygen atoms in total. The molecule has 98 valence electrons. The summed E-state index contributed by atoms with van der Waals surface area (Å²) in [7, 11) is 0. The number of hydrogen-bond acceptors (Lipinski definition) is 1. The Labute approximate surface area is 122 Å². The van der Waals surface area contributed by atoms with E-state index in [4.69, 9.17) is 40.5 Å². The minimum atomic E-state index is 0.349. The fourth-order valence-electron chi connectivity index (χ4n) is 2.26. The van der Waals surface area contributed by atoms with Gasteiger partial charge < -0.3 is 5.73 Å². The van der Waals surface area contributed by atoms with Crippen molar-refractivity contribution < 1.29 is 0 Å². The van der Waals surface area contributed by atoms with Gasteiger partial charge in [-0.25, -0.2) is 4.99 Å². The second-order valence-corrected chi connectivity index (χ2v) is 5.84. The van der Waals surface area contributed by atoms with E-state index in [-0.39, 0.29) is 0 Å². The largest absolute Gasteiger partial charge is 0.387 e. The molecule has 0 unspecified atom stereocenters. The van der Waals surface area contributed by atoms with Gasteiger partial charge in [-0.15, -0.1) is 0 Å². The minimum Gasteiger partial charge on any atom is -0.387 e. The molecule has 1 fully saturated rings. The van der Waals surface area contributed by atoms with E-state index in [1.54, 1.807) is 12.1 Å². The van der Waals surface area contributed by atoms with Crippen LogP contribution in [0.25, 0.3) is 0 Å². The summed E-state index contributed by atoms with van der Waals surface area (Å²) in [5.41, 5.74) is 6.58. The predicted octanol–water partition coefficient (Wildman–Crippen LogP) is 5.22. The lowest BCUT2D eigenvalue weighted by Crippen LogP contribution is -2.25. The van der Waals surface area contributed by atoms with Gasteiger partial charge in [0.1, 0.15) is 11.5 Å². The van der Waals surface area contributed by atoms with Crippen molar-refractivity contribution in [2.45, 2.75) is 32.1 Å². The number of aliphatic imine (C=N–C) groups is 1. The third kappa shape index (κ3) is 3.31. The number of hydrogen-bond donors (Lipinski definition) is 1. The van der Waals surface area contributed by atoms with E-state index < -0.39 is 0 Å². The Morgan fingerprint density at radius 2 is 1.61 bits per heavy atom. The monoisotopic (exact) mass is 304 g/mol. The van der Waals surface area contributed by atoms with Crippen LogP contribution in [-0.2, 0) is 0 Å². The molecular weight excluding hydrogens is 291 g/mol. The van der Waals surface area contributed by atoms with Crippen molar-refractivity contribution in [2.75, 3.05) is 0 Å². The number of nitrogens with zero attached hydrogens (tertiary/aromatic N) is 1. The summed E-state index contributed by atoms with van der Waals surface area (Å²) >= 11 is 18.0. The van der Waals surface area contributed by atoms with Gasteiger partial charge in [-0.05, 0) is 25.0 Å². The van der Waals surface area contributed by atoms with E-state index >= 15 is 0 Å². The summed E-state index contributed by atoms with van der Waals surface area (Å²) in [6.45, 7) is 0. The first-order valence-electron chi connectivity index (χ1n) is 6.06. The van der Waals surface area contributed by atoms with Crippen molar-refractivity contribution in [3.8, 4) is 0 Å². The van der Waals surface area contributed by atoms with Gasteiger partial charge >= 0.3 is 0 Å². The van der Waals surface area contributed by atoms with Gasteiger partial charge in [0.25, 0.3) is 0 Å². The van der Waals surface area contributed by atoms with Crippen LogP contribution in [0.4, 0.5) is 5.69 Å². The molecule has 2 N–H and O–H groups in total. The molecule has 18 heavy (non-hydrogen) atoms. The van der Waals surface area contributed by atoms with E-state index in [0.29, 0.717) is 32.5 Å². The van der Waals surface area contributed by atoms with Crippen molar-refractivity contribution in [3.63, 3.8) is 0 Å². The summed E-state index contributed by atoms with van der Waals surface area (Å²) in [5.74, 6) is 0.974. The van der Waals surface area contributed by atoms with Gasteiger partial charge in [-0.1, -0.05) is 54.1 Å². The molecule has 0 spiro atoms. The van der Waals surface area contributed by atoms with Gasteiger partial charge in [-0.3, -0.25) is 0 Å². The average Bonchev–Trinajstić information content (AvgIpc) is 2.34. The second-order valence-electron chi connectivity index (χ2n) is 4.59. The zero-order valence-corrected chi connectivity index (χ0v) is 12.2. The third-order valence-electron chi connectivity index (χ3n) is 3.25. The highest BCUT2D eigenvalue weighted by Gasteiger charge is 2.18. The summed E-state index contributed by atoms with van der Waals surface area (Å²) < 4.78 is 0. The first-order valence-corrected chi connectivity index (χ1v) is 7.20. The van der Waals surface area contributed by atoms with Crippen molar-refractivity contribution in [1.29, 1.82) is 0 Å². The van der Waals surface area contributed by atoms with Crippen LogP contribution in [0.15, 0.2) is 17.1 Å². The van der Waals surface area contributed by atoms with Crippen LogP contribution in [0.3, 0.4) is 0 Å². The highest BCUT2D eigenvalue weighted by atomic mass is 35.5. The van der Waals surface area contributed by atoms with Crippen molar-refractivity contribution in [3.05, 3.63) is 27.2 Å². The lowest BCUT2D eigenvalue weighted by atomic mass is 9.88. The lowest BCUT2D eigenvalue weighted by Gasteiger charge is -2.21. The van der Waals surface area contributed by atoms with Crippen LogP contribution in [-0.4, -0.2) is 5.84 Å². The Balaban J connectivity index is 2.26. The van der Waals surface area contributed by atoms with Crippen LogP contribution < -0.4 is 5.73 Å². The molecule has 0 radical (unpaired) electrons. The molecule has 1 saturated carbocycles. The summed E-state index contributed by atoms with van der Waals surface area (Å²) in [6, 6.07) is 3.25. The van der Waals surface area contributed by atoms with Crippen LogP contribution in [0.5, 0.6) is 0 Å². The Morgan fingerprint density at radius 1 is 1.06 bits per heavy atom. The first-order chi connectivity index (χ1) is 8.58. The van der Waals surface area contributed by atoms with Crippen molar-refractivity contribution in [1.82, 2.24) is 0 Å². The highest BCUT2D eigenvalue weighted by Crippen LogP contribution is 2.36. The number of rotatable bonds is 2. The quantitative estimate of drug-likeness (QED) is 0.590. The van der Waals surface area contributed by atoms with Crippen LogP contribution >= 0.6 is 34.8 Å². The van der Waals surface area contributed by atoms with Gasteiger partial charge in [0.15, 0.2) is 0 Å². The molecule has 1 aromatic rings. The van der Waals surface area contributed by atoms with Gasteiger partial charge in [0, 0.05) is 10.9 Å². The van der Waals surface area contributed by atoms with Crippen LogP contribution in [0.1, 0.15) is 32.1 Å². The number of halogens is 3. The average molecular weight is 306 g/mol. The SMILES string of the molecule is NC(=Nc1c(Cl)cc(Cl)cc1Cl)C1CCCCC1. The molecule has 1 aliphatic carbocycles. The Morgan fingerprint density at radius 3 is 2.17 bits per heavy atom. The van der Waals surface area contributed by atoms with E-state index in [1.165, 1.54) is 19.3 Å². The summed E-state index contributed by atoms with van der Waals surface area (Å²) in [6.07, 6.45) is 5.90. The normalized spacial score (nSPS) is 18.1. The molecule has 0 bridgehead atoms. The van der Waals surface area contributed by atoms with E-state index in [9.17, 15) is 0 Å². The smallest absolute Gasteiger partial charge is 0.103 e. The standard InChI is InChI=1S/C13H15Cl3N2/c14-9-6-10(15)12(11(16)7-9)18-13(17)8-4-2-1-3-5-8/h6-8H,1-5H2,(H2,17,18). The van der Waals surface area contributed by atoms with Crippen LogP contribution in [0, 0.1) is 5.92 Å². The van der Waals surface area contributed by atoms with Crippen molar-refractivity contribution >= 4 is 46.3 Å². The van der Waals surface area contributed by atoms with Gasteiger partial charge in [0.05, 0.1) is 10.0 Å². The maximum atomic E-state index is 6.09. The number of benzene rings is 1. The topological polar surface area (TPSA) is 38.4 Å². The molecule has 0 atom stereocenters. The molecule has 2 rings (SSSR count). The zero-order chi connectivity index (χ0) is 13.1. The predicted molar refractivity (Wildman–Crippen MR) is 79.3 cm³/mol. The van der Waals surface area contributed by atoms with E-state index in [1.807, 2.05) is 0 Å². The molecule has 0 heterocycles. The van der Waals surface area contributed by atoms with E-state index in [0.717, 1.165) is 12.8 Å². The minimum absolute atomic E-state index is 0.349. The Bertz CT molecular complexity index is 442. The zero-order valence-electron chi connectivity index (χ0n) is 9.93. The Kier molecular flexibility index (Phi) is 4.77. The molecule has 0 saturated heterocycles. The highest BCUT2D eigenvalue weighted by molar-refractivity contribution is 6.41. The molecule has 5 heteroatoms. The van der Waals surface area contributed by atoms with Gasteiger partial charge in [0.2, 0.25) is 0 Å². The number of nitrogens with two attached hydrogens (primary N) is 1. The molecular formula is C13H15Cl3N2. The van der Waals surface area contributed by atoms with E-state index in [2.05, 4.69) is 4.99 Å². The summed E-state index contributed by atoms with van der Waals surface area (Å²) in [5, 5.41) is 1.37. The molecule has 1 aromatic carbocycles. The summed E-state index contributed by atoms with van der Waals surface area (Å²) in [4.78, 5) is 4.39. The molecule has 1 aliphatic rings. The maximum absolute atomic E-state index is 6.09. The van der Waals surface area contributed by atoms with Crippen molar-refractivity contribution in [2.24, 2.45) is 16.6 Å². The number of amidine groups is 1. The van der Waals surface area contributed by atoms with Gasteiger partial charge in [-0.2, -0.15) is 0 Å². The second kappa shape index (κ2) is 6.14. The molecule has 0 aliphatic heterocycles. The fraction of sp³-hybridized carbons (Fsp3) is 0.462. The molecule has 0 aromatic heterocycles. The third-order valence-corrected chi connectivity index (χ3v) is 4.04. The fourth-order valence-corrected chi connectivity index (χ4v) is 3.16. The molecule has 0 amide bonds.